The zero-order valence-electron chi connectivity index (χ0n) is 16.4. The highest BCUT2D eigenvalue weighted by Crippen LogP contribution is 2.28. The lowest BCUT2D eigenvalue weighted by atomic mass is 9.96. The molecule has 2 aromatic heterocycles. The number of amides is 1. The monoisotopic (exact) mass is 400 g/mol. The fourth-order valence-electron chi connectivity index (χ4n) is 2.56. The molecule has 0 aliphatic carbocycles. The maximum Gasteiger partial charge on any atom is 0.348 e. The van der Waals surface area contributed by atoms with E-state index in [-0.39, 0.29) is 17.9 Å². The van der Waals surface area contributed by atoms with Crippen molar-refractivity contribution in [2.45, 2.75) is 33.4 Å². The largest absolute Gasteiger partial charge is 0.465 e. The van der Waals surface area contributed by atoms with Crippen molar-refractivity contribution in [2.75, 3.05) is 12.4 Å². The SMILES string of the molecule is COC(=O)c1ccc(C2C=CN(Cc3cccc(NC(=O)C(C)(C)C)n3)N2)s1. The van der Waals surface area contributed by atoms with Gasteiger partial charge in [0, 0.05) is 16.5 Å². The number of rotatable bonds is 5. The highest BCUT2D eigenvalue weighted by molar-refractivity contribution is 7.14. The van der Waals surface area contributed by atoms with E-state index in [1.165, 1.54) is 18.4 Å². The number of carbonyl (C=O) groups is 2. The number of methoxy groups -OCH3 is 1. The Morgan fingerprint density at radius 1 is 1.29 bits per heavy atom. The van der Waals surface area contributed by atoms with Gasteiger partial charge >= 0.3 is 5.97 Å². The van der Waals surface area contributed by atoms with Gasteiger partial charge in [0.15, 0.2) is 0 Å². The first kappa shape index (κ1) is 20.0. The molecule has 1 atom stereocenters. The third-order valence-electron chi connectivity index (χ3n) is 4.15. The van der Waals surface area contributed by atoms with Gasteiger partial charge in [-0.3, -0.25) is 4.79 Å². The number of esters is 1. The number of anilines is 1. The van der Waals surface area contributed by atoms with Gasteiger partial charge < -0.3 is 15.1 Å². The number of pyridine rings is 1. The molecule has 2 aromatic rings. The van der Waals surface area contributed by atoms with Gasteiger partial charge in [-0.1, -0.05) is 26.8 Å². The molecule has 3 heterocycles. The highest BCUT2D eigenvalue weighted by Gasteiger charge is 2.22. The van der Waals surface area contributed by atoms with Crippen LogP contribution in [0.25, 0.3) is 0 Å². The molecule has 1 unspecified atom stereocenters. The highest BCUT2D eigenvalue weighted by atomic mass is 32.1. The molecule has 0 fully saturated rings. The van der Waals surface area contributed by atoms with Crippen LogP contribution in [-0.2, 0) is 16.1 Å². The van der Waals surface area contributed by atoms with Crippen molar-refractivity contribution in [3.63, 3.8) is 0 Å². The average Bonchev–Trinajstić information content (AvgIpc) is 3.30. The number of ether oxygens (including phenoxy) is 1. The van der Waals surface area contributed by atoms with E-state index in [2.05, 4.69) is 15.7 Å². The fraction of sp³-hybridized carbons (Fsp3) is 0.350. The van der Waals surface area contributed by atoms with Crippen LogP contribution < -0.4 is 10.7 Å². The molecule has 0 radical (unpaired) electrons. The molecule has 3 rings (SSSR count). The standard InChI is InChI=1S/C20H24N4O3S/c1-20(2,3)19(26)22-17-7-5-6-13(21-17)12-24-11-10-14(23-24)15-8-9-16(28-15)18(25)27-4/h5-11,14,23H,12H2,1-4H3,(H,21,22,26). The summed E-state index contributed by atoms with van der Waals surface area (Å²) < 4.78 is 4.76. The molecule has 0 bridgehead atoms. The van der Waals surface area contributed by atoms with Crippen LogP contribution in [-0.4, -0.2) is 29.0 Å². The Hall–Kier alpha value is -2.71. The van der Waals surface area contributed by atoms with Crippen molar-refractivity contribution in [2.24, 2.45) is 5.41 Å². The molecule has 0 saturated carbocycles. The Morgan fingerprint density at radius 3 is 2.79 bits per heavy atom. The van der Waals surface area contributed by atoms with Crippen LogP contribution in [0.15, 0.2) is 42.6 Å². The second kappa shape index (κ2) is 8.12. The minimum Gasteiger partial charge on any atom is -0.465 e. The summed E-state index contributed by atoms with van der Waals surface area (Å²) >= 11 is 1.40. The maximum absolute atomic E-state index is 12.1. The first-order valence-corrected chi connectivity index (χ1v) is 9.74. The van der Waals surface area contributed by atoms with Crippen LogP contribution in [0.3, 0.4) is 0 Å². The molecule has 8 heteroatoms. The molecule has 1 aliphatic rings. The normalized spacial score (nSPS) is 16.3. The number of nitrogens with one attached hydrogen (secondary N) is 2. The Morgan fingerprint density at radius 2 is 2.07 bits per heavy atom. The molecule has 0 saturated heterocycles. The van der Waals surface area contributed by atoms with Crippen LogP contribution in [0.5, 0.6) is 0 Å². The van der Waals surface area contributed by atoms with Crippen LogP contribution in [0, 0.1) is 5.41 Å². The van der Waals surface area contributed by atoms with E-state index in [4.69, 9.17) is 4.74 Å². The zero-order chi connectivity index (χ0) is 20.3. The van der Waals surface area contributed by atoms with E-state index in [1.807, 2.05) is 56.3 Å². The van der Waals surface area contributed by atoms with Crippen molar-refractivity contribution in [1.29, 1.82) is 0 Å². The van der Waals surface area contributed by atoms with Crippen LogP contribution in [0.4, 0.5) is 5.82 Å². The first-order valence-electron chi connectivity index (χ1n) is 8.93. The van der Waals surface area contributed by atoms with E-state index < -0.39 is 5.41 Å². The number of hydrogen-bond donors (Lipinski definition) is 2. The van der Waals surface area contributed by atoms with E-state index in [0.29, 0.717) is 17.2 Å². The van der Waals surface area contributed by atoms with Gasteiger partial charge in [0.25, 0.3) is 0 Å². The second-order valence-corrected chi connectivity index (χ2v) is 8.60. The number of thiophene rings is 1. The topological polar surface area (TPSA) is 83.6 Å². The minimum atomic E-state index is -0.478. The quantitative estimate of drug-likeness (QED) is 0.748. The van der Waals surface area contributed by atoms with Gasteiger partial charge in [-0.25, -0.2) is 15.2 Å². The Balaban J connectivity index is 1.61. The summed E-state index contributed by atoms with van der Waals surface area (Å²) in [6.45, 7) is 6.13. The fourth-order valence-corrected chi connectivity index (χ4v) is 3.51. The molecule has 1 amide bonds. The number of carbonyl (C=O) groups excluding carboxylic acids is 2. The molecular formula is C20H24N4O3S. The predicted molar refractivity (Wildman–Crippen MR) is 109 cm³/mol. The summed E-state index contributed by atoms with van der Waals surface area (Å²) in [4.78, 5) is 29.9. The number of hydrogen-bond acceptors (Lipinski definition) is 7. The summed E-state index contributed by atoms with van der Waals surface area (Å²) in [5, 5.41) is 4.78. The Kier molecular flexibility index (Phi) is 5.81. The van der Waals surface area contributed by atoms with Crippen molar-refractivity contribution >= 4 is 29.0 Å². The molecule has 28 heavy (non-hydrogen) atoms. The Labute approximate surface area is 168 Å². The minimum absolute atomic E-state index is 0.00724. The maximum atomic E-state index is 12.1. The molecule has 1 aliphatic heterocycles. The summed E-state index contributed by atoms with van der Waals surface area (Å²) in [7, 11) is 1.38. The lowest BCUT2D eigenvalue weighted by Crippen LogP contribution is -2.31. The van der Waals surface area contributed by atoms with Gasteiger partial charge in [0.2, 0.25) is 5.91 Å². The van der Waals surface area contributed by atoms with Gasteiger partial charge in [-0.2, -0.15) is 0 Å². The van der Waals surface area contributed by atoms with Gasteiger partial charge in [-0.15, -0.1) is 11.3 Å². The summed E-state index contributed by atoms with van der Waals surface area (Å²) in [5.74, 6) is 0.141. The number of aromatic nitrogens is 1. The molecule has 2 N–H and O–H groups in total. The van der Waals surface area contributed by atoms with Gasteiger partial charge in [0.05, 0.1) is 25.4 Å². The second-order valence-electron chi connectivity index (χ2n) is 7.49. The van der Waals surface area contributed by atoms with Crippen molar-refractivity contribution < 1.29 is 14.3 Å². The summed E-state index contributed by atoms with van der Waals surface area (Å²) in [6.07, 6.45) is 3.97. The molecule has 148 valence electrons. The smallest absolute Gasteiger partial charge is 0.348 e. The molecule has 0 aromatic carbocycles. The Bertz CT molecular complexity index is 901. The molecule has 7 nitrogen and oxygen atoms in total. The van der Waals surface area contributed by atoms with E-state index >= 15 is 0 Å². The predicted octanol–water partition coefficient (Wildman–Crippen LogP) is 3.49. The van der Waals surface area contributed by atoms with Crippen LogP contribution >= 0.6 is 11.3 Å². The van der Waals surface area contributed by atoms with Gasteiger partial charge in [0.1, 0.15) is 10.7 Å². The third-order valence-corrected chi connectivity index (χ3v) is 5.29. The van der Waals surface area contributed by atoms with E-state index in [0.717, 1.165) is 10.6 Å². The lowest BCUT2D eigenvalue weighted by molar-refractivity contribution is -0.123. The number of hydrazine groups is 1. The average molecular weight is 401 g/mol. The van der Waals surface area contributed by atoms with E-state index in [1.54, 1.807) is 12.1 Å². The summed E-state index contributed by atoms with van der Waals surface area (Å²) in [5.41, 5.74) is 3.71. The number of nitrogens with zero attached hydrogens (tertiary/aromatic N) is 2. The van der Waals surface area contributed by atoms with Crippen LogP contribution in [0.2, 0.25) is 0 Å². The lowest BCUT2D eigenvalue weighted by Gasteiger charge is -2.20. The van der Waals surface area contributed by atoms with Crippen molar-refractivity contribution in [3.8, 4) is 0 Å². The van der Waals surface area contributed by atoms with Crippen LogP contribution in [0.1, 0.15) is 47.1 Å². The molecular weight excluding hydrogens is 376 g/mol. The van der Waals surface area contributed by atoms with Crippen molar-refractivity contribution in [3.05, 3.63) is 58.1 Å². The van der Waals surface area contributed by atoms with E-state index in [9.17, 15) is 9.59 Å². The first-order chi connectivity index (χ1) is 13.3. The zero-order valence-corrected chi connectivity index (χ0v) is 17.2. The van der Waals surface area contributed by atoms with Gasteiger partial charge in [-0.05, 0) is 30.3 Å². The molecule has 0 spiro atoms. The summed E-state index contributed by atoms with van der Waals surface area (Å²) in [6, 6.07) is 9.25. The third kappa shape index (κ3) is 4.76. The van der Waals surface area contributed by atoms with Crippen molar-refractivity contribution in [1.82, 2.24) is 15.4 Å².